The van der Waals surface area contributed by atoms with Crippen molar-refractivity contribution in [1.29, 1.82) is 0 Å². The lowest BCUT2D eigenvalue weighted by atomic mass is 9.77. The second kappa shape index (κ2) is 5.50. The lowest BCUT2D eigenvalue weighted by Gasteiger charge is -2.37. The molecule has 0 unspecified atom stereocenters. The lowest BCUT2D eigenvalue weighted by Crippen LogP contribution is -2.54. The topological polar surface area (TPSA) is 38.3 Å². The molecule has 0 heterocycles. The van der Waals surface area contributed by atoms with E-state index in [9.17, 15) is 4.79 Å². The van der Waals surface area contributed by atoms with E-state index in [0.29, 0.717) is 6.61 Å². The van der Waals surface area contributed by atoms with Crippen molar-refractivity contribution in [3.8, 4) is 0 Å². The fourth-order valence-corrected chi connectivity index (χ4v) is 2.32. The highest BCUT2D eigenvalue weighted by atomic mass is 16.5. The van der Waals surface area contributed by atoms with Crippen LogP contribution in [0.2, 0.25) is 0 Å². The first kappa shape index (κ1) is 12.5. The van der Waals surface area contributed by atoms with E-state index in [1.54, 1.807) is 0 Å². The molecule has 3 heteroatoms. The van der Waals surface area contributed by atoms with Gasteiger partial charge in [0.15, 0.2) is 0 Å². The van der Waals surface area contributed by atoms with Crippen LogP contribution in [0.1, 0.15) is 46.5 Å². The third-order valence-electron chi connectivity index (χ3n) is 3.31. The average molecular weight is 213 g/mol. The van der Waals surface area contributed by atoms with Crippen LogP contribution in [-0.2, 0) is 9.53 Å². The molecule has 0 saturated heterocycles. The number of carbonyl (C=O) groups excluding carboxylic acids is 1. The fraction of sp³-hybridized carbons (Fsp3) is 0.917. The summed E-state index contributed by atoms with van der Waals surface area (Å²) in [6.07, 6.45) is 4.07. The summed E-state index contributed by atoms with van der Waals surface area (Å²) in [6.45, 7) is 7.46. The Hall–Kier alpha value is -0.570. The van der Waals surface area contributed by atoms with E-state index in [1.165, 1.54) is 0 Å². The van der Waals surface area contributed by atoms with Crippen LogP contribution in [0.4, 0.5) is 0 Å². The predicted molar refractivity (Wildman–Crippen MR) is 60.7 cm³/mol. The van der Waals surface area contributed by atoms with Gasteiger partial charge in [-0.3, -0.25) is 4.79 Å². The van der Waals surface area contributed by atoms with Gasteiger partial charge in [-0.2, -0.15) is 0 Å². The molecule has 1 fully saturated rings. The first-order valence-corrected chi connectivity index (χ1v) is 6.07. The number of nitrogens with one attached hydrogen (secondary N) is 1. The Morgan fingerprint density at radius 2 is 2.00 bits per heavy atom. The van der Waals surface area contributed by atoms with Crippen molar-refractivity contribution in [3.63, 3.8) is 0 Å². The number of likely N-dealkylation sites (N-methyl/N-ethyl adjacent to an activating group) is 1. The van der Waals surface area contributed by atoms with Crippen LogP contribution in [0.25, 0.3) is 0 Å². The summed E-state index contributed by atoms with van der Waals surface area (Å²) in [6, 6.07) is 0. The zero-order valence-electron chi connectivity index (χ0n) is 10.1. The van der Waals surface area contributed by atoms with E-state index in [1.807, 2.05) is 13.8 Å². The zero-order valence-corrected chi connectivity index (χ0v) is 10.1. The van der Waals surface area contributed by atoms with Gasteiger partial charge in [0.2, 0.25) is 0 Å². The number of rotatable bonds is 4. The van der Waals surface area contributed by atoms with Gasteiger partial charge in [0, 0.05) is 0 Å². The maximum Gasteiger partial charge on any atom is 0.326 e. The number of hydrogen-bond acceptors (Lipinski definition) is 3. The molecule has 0 spiro atoms. The molecular weight excluding hydrogens is 190 g/mol. The van der Waals surface area contributed by atoms with E-state index in [-0.39, 0.29) is 5.97 Å². The monoisotopic (exact) mass is 213 g/mol. The molecule has 0 aromatic rings. The van der Waals surface area contributed by atoms with Crippen LogP contribution in [0, 0.1) is 5.92 Å². The van der Waals surface area contributed by atoms with Crippen LogP contribution in [0.3, 0.4) is 0 Å². The Morgan fingerprint density at radius 3 is 2.47 bits per heavy atom. The SMILES string of the molecule is CCNC1(C(=O)OCC)CCC(C)CC1. The smallest absolute Gasteiger partial charge is 0.326 e. The maximum atomic E-state index is 11.9. The molecule has 0 aromatic heterocycles. The van der Waals surface area contributed by atoms with Crippen molar-refractivity contribution < 1.29 is 9.53 Å². The molecule has 88 valence electrons. The summed E-state index contributed by atoms with van der Waals surface area (Å²) in [4.78, 5) is 11.9. The van der Waals surface area contributed by atoms with Gasteiger partial charge in [0.1, 0.15) is 5.54 Å². The number of hydrogen-bond donors (Lipinski definition) is 1. The highest BCUT2D eigenvalue weighted by molar-refractivity contribution is 5.81. The minimum atomic E-state index is -0.392. The third-order valence-corrected chi connectivity index (χ3v) is 3.31. The molecule has 15 heavy (non-hydrogen) atoms. The summed E-state index contributed by atoms with van der Waals surface area (Å²) in [5.74, 6) is 0.685. The standard InChI is InChI=1S/C12H23NO2/c1-4-13-12(11(14)15-5-2)8-6-10(3)7-9-12/h10,13H,4-9H2,1-3H3. The largest absolute Gasteiger partial charge is 0.465 e. The Balaban J connectivity index is 2.65. The van der Waals surface area contributed by atoms with E-state index in [2.05, 4.69) is 12.2 Å². The highest BCUT2D eigenvalue weighted by Crippen LogP contribution is 2.32. The lowest BCUT2D eigenvalue weighted by molar-refractivity contribution is -0.153. The van der Waals surface area contributed by atoms with Crippen molar-refractivity contribution >= 4 is 5.97 Å². The van der Waals surface area contributed by atoms with E-state index in [0.717, 1.165) is 38.1 Å². The van der Waals surface area contributed by atoms with Gasteiger partial charge < -0.3 is 10.1 Å². The molecule has 0 amide bonds. The Bertz CT molecular complexity index is 208. The van der Waals surface area contributed by atoms with Crippen LogP contribution in [-0.4, -0.2) is 24.7 Å². The van der Waals surface area contributed by atoms with Gasteiger partial charge in [-0.05, 0) is 45.1 Å². The minimum absolute atomic E-state index is 0.0567. The molecule has 0 atom stereocenters. The molecule has 0 aliphatic heterocycles. The zero-order chi connectivity index (χ0) is 11.3. The summed E-state index contributed by atoms with van der Waals surface area (Å²) < 4.78 is 5.17. The Morgan fingerprint density at radius 1 is 1.40 bits per heavy atom. The molecular formula is C12H23NO2. The molecule has 0 aromatic carbocycles. The molecule has 1 N–H and O–H groups in total. The quantitative estimate of drug-likeness (QED) is 0.727. The van der Waals surface area contributed by atoms with Crippen LogP contribution in [0.5, 0.6) is 0 Å². The van der Waals surface area contributed by atoms with Crippen molar-refractivity contribution in [3.05, 3.63) is 0 Å². The maximum absolute atomic E-state index is 11.9. The van der Waals surface area contributed by atoms with Crippen LogP contribution >= 0.6 is 0 Å². The summed E-state index contributed by atoms with van der Waals surface area (Å²) >= 11 is 0. The summed E-state index contributed by atoms with van der Waals surface area (Å²) in [5, 5.41) is 3.33. The van der Waals surface area contributed by atoms with Gasteiger partial charge in [0.05, 0.1) is 6.61 Å². The van der Waals surface area contributed by atoms with Gasteiger partial charge in [-0.25, -0.2) is 0 Å². The molecule has 1 aliphatic carbocycles. The van der Waals surface area contributed by atoms with Crippen molar-refractivity contribution in [2.75, 3.05) is 13.2 Å². The van der Waals surface area contributed by atoms with E-state index >= 15 is 0 Å². The fourth-order valence-electron chi connectivity index (χ4n) is 2.32. The number of carbonyl (C=O) groups is 1. The van der Waals surface area contributed by atoms with Crippen LogP contribution < -0.4 is 5.32 Å². The average Bonchev–Trinajstić information content (AvgIpc) is 2.22. The van der Waals surface area contributed by atoms with Crippen molar-refractivity contribution in [2.24, 2.45) is 5.92 Å². The number of esters is 1. The predicted octanol–water partition coefficient (Wildman–Crippen LogP) is 2.11. The van der Waals surface area contributed by atoms with Crippen LogP contribution in [0.15, 0.2) is 0 Å². The molecule has 1 rings (SSSR count). The third kappa shape index (κ3) is 2.94. The second-order valence-corrected chi connectivity index (χ2v) is 4.52. The molecule has 1 aliphatic rings. The minimum Gasteiger partial charge on any atom is -0.465 e. The molecule has 0 bridgehead atoms. The molecule has 3 nitrogen and oxygen atoms in total. The summed E-state index contributed by atoms with van der Waals surface area (Å²) in [7, 11) is 0. The Kier molecular flexibility index (Phi) is 4.58. The van der Waals surface area contributed by atoms with Gasteiger partial charge in [0.25, 0.3) is 0 Å². The van der Waals surface area contributed by atoms with Crippen molar-refractivity contribution in [2.45, 2.75) is 52.0 Å². The summed E-state index contributed by atoms with van der Waals surface area (Å²) in [5.41, 5.74) is -0.392. The first-order valence-electron chi connectivity index (χ1n) is 6.07. The van der Waals surface area contributed by atoms with E-state index < -0.39 is 5.54 Å². The van der Waals surface area contributed by atoms with Gasteiger partial charge >= 0.3 is 5.97 Å². The highest BCUT2D eigenvalue weighted by Gasteiger charge is 2.41. The molecule has 1 saturated carbocycles. The molecule has 0 radical (unpaired) electrons. The first-order chi connectivity index (χ1) is 7.14. The number of ether oxygens (including phenoxy) is 1. The second-order valence-electron chi connectivity index (χ2n) is 4.52. The normalized spacial score (nSPS) is 31.3. The van der Waals surface area contributed by atoms with Crippen molar-refractivity contribution in [1.82, 2.24) is 5.32 Å². The Labute approximate surface area is 92.6 Å². The van der Waals surface area contributed by atoms with E-state index in [4.69, 9.17) is 4.74 Å². The van der Waals surface area contributed by atoms with Gasteiger partial charge in [-0.15, -0.1) is 0 Å². The van der Waals surface area contributed by atoms with Gasteiger partial charge in [-0.1, -0.05) is 13.8 Å².